The molecule has 5 heteroatoms. The first kappa shape index (κ1) is 12.4. The van der Waals surface area contributed by atoms with Crippen LogP contribution in [-0.4, -0.2) is 34.2 Å². The topological polar surface area (TPSA) is 43.4 Å². The zero-order valence-electron chi connectivity index (χ0n) is 11.2. The molecule has 1 aliphatic rings. The van der Waals surface area contributed by atoms with Gasteiger partial charge in [-0.3, -0.25) is 4.90 Å². The van der Waals surface area contributed by atoms with E-state index in [-0.39, 0.29) is 0 Å². The number of fused-ring (bicyclic) bond motifs is 1. The first-order valence-electron chi connectivity index (χ1n) is 6.70. The van der Waals surface area contributed by atoms with E-state index in [9.17, 15) is 0 Å². The maximum absolute atomic E-state index is 5.58. The fourth-order valence-electron chi connectivity index (χ4n) is 2.59. The summed E-state index contributed by atoms with van der Waals surface area (Å²) in [6, 6.07) is 4.28. The summed E-state index contributed by atoms with van der Waals surface area (Å²) in [5.41, 5.74) is 1.24. The molecule has 1 aliphatic heterocycles. The molecule has 0 aromatic carbocycles. The van der Waals surface area contributed by atoms with E-state index in [1.807, 2.05) is 31.6 Å². The number of imidazole rings is 1. The van der Waals surface area contributed by atoms with Gasteiger partial charge in [0, 0.05) is 25.9 Å². The van der Waals surface area contributed by atoms with Crippen molar-refractivity contribution in [1.29, 1.82) is 0 Å². The molecule has 0 amide bonds. The van der Waals surface area contributed by atoms with Crippen molar-refractivity contribution in [3.05, 3.63) is 42.4 Å². The normalized spacial score (nSPS) is 19.5. The van der Waals surface area contributed by atoms with Crippen molar-refractivity contribution >= 4 is 0 Å². The Morgan fingerprint density at radius 1 is 1.53 bits per heavy atom. The lowest BCUT2D eigenvalue weighted by atomic mass is 10.2. The molecule has 19 heavy (non-hydrogen) atoms. The second-order valence-corrected chi connectivity index (χ2v) is 4.85. The number of aromatic nitrogens is 2. The van der Waals surface area contributed by atoms with Crippen LogP contribution < -0.4 is 0 Å². The minimum absolute atomic E-state index is 0.334. The molecule has 2 aromatic heterocycles. The second kappa shape index (κ2) is 5.59. The molecule has 0 saturated carbocycles. The Morgan fingerprint density at radius 3 is 3.26 bits per heavy atom. The van der Waals surface area contributed by atoms with E-state index in [2.05, 4.69) is 14.5 Å². The summed E-state index contributed by atoms with van der Waals surface area (Å²) in [5, 5.41) is 0. The van der Waals surface area contributed by atoms with E-state index >= 15 is 0 Å². The van der Waals surface area contributed by atoms with E-state index in [1.54, 1.807) is 6.26 Å². The standard InChI is InChI=1S/C14H19N3O2/c1-2-18-10-13-8-16(9-14-4-3-5-19-14)7-12-6-15-11-17(12)13/h3-6,11,13H,2,7-10H2,1H3/t13-/m0/s1. The van der Waals surface area contributed by atoms with Crippen molar-refractivity contribution in [2.75, 3.05) is 19.8 Å². The zero-order valence-corrected chi connectivity index (χ0v) is 11.2. The molecule has 102 valence electrons. The van der Waals surface area contributed by atoms with Crippen molar-refractivity contribution in [3.8, 4) is 0 Å². The highest BCUT2D eigenvalue weighted by molar-refractivity contribution is 5.06. The van der Waals surface area contributed by atoms with Crippen LogP contribution in [0, 0.1) is 0 Å². The highest BCUT2D eigenvalue weighted by atomic mass is 16.5. The monoisotopic (exact) mass is 261 g/mol. The Morgan fingerprint density at radius 2 is 2.47 bits per heavy atom. The highest BCUT2D eigenvalue weighted by Crippen LogP contribution is 2.22. The number of ether oxygens (including phenoxy) is 1. The SMILES string of the molecule is CCOC[C@@H]1CN(Cc2ccco2)Cc2cncn21. The van der Waals surface area contributed by atoms with E-state index < -0.39 is 0 Å². The first-order valence-corrected chi connectivity index (χ1v) is 6.70. The Hall–Kier alpha value is -1.59. The third-order valence-electron chi connectivity index (χ3n) is 3.47. The predicted molar refractivity (Wildman–Crippen MR) is 70.6 cm³/mol. The average molecular weight is 261 g/mol. The van der Waals surface area contributed by atoms with Gasteiger partial charge >= 0.3 is 0 Å². The molecule has 3 heterocycles. The van der Waals surface area contributed by atoms with Crippen LogP contribution in [0.3, 0.4) is 0 Å². The first-order chi connectivity index (χ1) is 9.36. The molecule has 0 N–H and O–H groups in total. The van der Waals surface area contributed by atoms with Gasteiger partial charge in [-0.05, 0) is 19.1 Å². The van der Waals surface area contributed by atoms with Crippen LogP contribution in [0.25, 0.3) is 0 Å². The van der Waals surface area contributed by atoms with Gasteiger partial charge in [0.05, 0.1) is 37.5 Å². The van der Waals surface area contributed by atoms with Gasteiger partial charge in [0.1, 0.15) is 5.76 Å². The largest absolute Gasteiger partial charge is 0.468 e. The van der Waals surface area contributed by atoms with Crippen molar-refractivity contribution in [2.45, 2.75) is 26.1 Å². The van der Waals surface area contributed by atoms with E-state index in [0.29, 0.717) is 6.04 Å². The van der Waals surface area contributed by atoms with E-state index in [1.165, 1.54) is 5.69 Å². The molecule has 0 spiro atoms. The second-order valence-electron chi connectivity index (χ2n) is 4.85. The molecular weight excluding hydrogens is 242 g/mol. The third-order valence-corrected chi connectivity index (χ3v) is 3.47. The Kier molecular flexibility index (Phi) is 3.66. The van der Waals surface area contributed by atoms with Crippen molar-refractivity contribution in [3.63, 3.8) is 0 Å². The fourth-order valence-corrected chi connectivity index (χ4v) is 2.59. The predicted octanol–water partition coefficient (Wildman–Crippen LogP) is 2.07. The number of hydrogen-bond donors (Lipinski definition) is 0. The van der Waals surface area contributed by atoms with Crippen LogP contribution in [0.2, 0.25) is 0 Å². The van der Waals surface area contributed by atoms with Crippen LogP contribution in [0.5, 0.6) is 0 Å². The van der Waals surface area contributed by atoms with Crippen molar-refractivity contribution in [1.82, 2.24) is 14.5 Å². The molecule has 0 aliphatic carbocycles. The molecule has 2 aromatic rings. The summed E-state index contributed by atoms with van der Waals surface area (Å²) in [5.74, 6) is 1.00. The van der Waals surface area contributed by atoms with Gasteiger partial charge in [-0.15, -0.1) is 0 Å². The van der Waals surface area contributed by atoms with Gasteiger partial charge in [0.15, 0.2) is 0 Å². The maximum atomic E-state index is 5.58. The smallest absolute Gasteiger partial charge is 0.117 e. The third kappa shape index (κ3) is 2.72. The molecule has 0 fully saturated rings. The molecule has 3 rings (SSSR count). The molecular formula is C14H19N3O2. The summed E-state index contributed by atoms with van der Waals surface area (Å²) in [7, 11) is 0. The number of hydrogen-bond acceptors (Lipinski definition) is 4. The van der Waals surface area contributed by atoms with Crippen LogP contribution in [0.1, 0.15) is 24.4 Å². The van der Waals surface area contributed by atoms with Gasteiger partial charge < -0.3 is 13.7 Å². The van der Waals surface area contributed by atoms with Crippen LogP contribution in [0.15, 0.2) is 35.3 Å². The molecule has 0 bridgehead atoms. The van der Waals surface area contributed by atoms with Gasteiger partial charge in [0.2, 0.25) is 0 Å². The Balaban J connectivity index is 1.72. The van der Waals surface area contributed by atoms with Gasteiger partial charge in [-0.25, -0.2) is 4.98 Å². The van der Waals surface area contributed by atoms with Gasteiger partial charge in [0.25, 0.3) is 0 Å². The number of rotatable bonds is 5. The lowest BCUT2D eigenvalue weighted by Crippen LogP contribution is -2.38. The van der Waals surface area contributed by atoms with Crippen molar-refractivity contribution < 1.29 is 9.15 Å². The summed E-state index contributed by atoms with van der Waals surface area (Å²) in [6.45, 7) is 6.21. The number of nitrogens with zero attached hydrogens (tertiary/aromatic N) is 3. The minimum Gasteiger partial charge on any atom is -0.468 e. The quantitative estimate of drug-likeness (QED) is 0.826. The van der Waals surface area contributed by atoms with Crippen molar-refractivity contribution in [2.24, 2.45) is 0 Å². The molecule has 0 saturated heterocycles. The van der Waals surface area contributed by atoms with E-state index in [0.717, 1.165) is 38.6 Å². The summed E-state index contributed by atoms with van der Waals surface area (Å²) < 4.78 is 13.2. The lowest BCUT2D eigenvalue weighted by molar-refractivity contribution is 0.0722. The zero-order chi connectivity index (χ0) is 13.1. The summed E-state index contributed by atoms with van der Waals surface area (Å²) in [4.78, 5) is 6.63. The fraction of sp³-hybridized carbons (Fsp3) is 0.500. The Bertz CT molecular complexity index is 507. The van der Waals surface area contributed by atoms with Crippen LogP contribution in [0.4, 0.5) is 0 Å². The molecule has 0 unspecified atom stereocenters. The summed E-state index contributed by atoms with van der Waals surface area (Å²) >= 11 is 0. The molecule has 1 atom stereocenters. The highest BCUT2D eigenvalue weighted by Gasteiger charge is 2.25. The van der Waals surface area contributed by atoms with Gasteiger partial charge in [-0.1, -0.05) is 0 Å². The summed E-state index contributed by atoms with van der Waals surface area (Å²) in [6.07, 6.45) is 5.57. The molecule has 0 radical (unpaired) electrons. The van der Waals surface area contributed by atoms with Crippen LogP contribution >= 0.6 is 0 Å². The van der Waals surface area contributed by atoms with Gasteiger partial charge in [-0.2, -0.15) is 0 Å². The lowest BCUT2D eigenvalue weighted by Gasteiger charge is -2.33. The van der Waals surface area contributed by atoms with Crippen LogP contribution in [-0.2, 0) is 17.8 Å². The minimum atomic E-state index is 0.334. The average Bonchev–Trinajstić information content (AvgIpc) is 3.06. The molecule has 5 nitrogen and oxygen atoms in total. The van der Waals surface area contributed by atoms with E-state index in [4.69, 9.17) is 9.15 Å². The number of furan rings is 1. The Labute approximate surface area is 112 Å². The maximum Gasteiger partial charge on any atom is 0.117 e.